The predicted octanol–water partition coefficient (Wildman–Crippen LogP) is 3.48. The van der Waals surface area contributed by atoms with Gasteiger partial charge in [0.2, 0.25) is 17.8 Å². The van der Waals surface area contributed by atoms with Crippen LogP contribution in [0.4, 0.5) is 17.8 Å². The minimum absolute atomic E-state index is 0.0922. The summed E-state index contributed by atoms with van der Waals surface area (Å²) >= 11 is 0. The zero-order valence-electron chi connectivity index (χ0n) is 21.8. The molecule has 3 N–H and O–H groups in total. The third kappa shape index (κ3) is 9.44. The van der Waals surface area contributed by atoms with Crippen molar-refractivity contribution in [2.45, 2.75) is 57.4 Å². The first-order valence-corrected chi connectivity index (χ1v) is 13.8. The summed E-state index contributed by atoms with van der Waals surface area (Å²) in [7, 11) is 0. The van der Waals surface area contributed by atoms with Crippen molar-refractivity contribution < 1.29 is 14.3 Å². The summed E-state index contributed by atoms with van der Waals surface area (Å²) in [5, 5.41) is 9.69. The van der Waals surface area contributed by atoms with Gasteiger partial charge in [-0.15, -0.1) is 0 Å². The molecule has 2 aromatic rings. The van der Waals surface area contributed by atoms with Gasteiger partial charge >= 0.3 is 0 Å². The molecule has 2 heterocycles. The van der Waals surface area contributed by atoms with Crippen molar-refractivity contribution in [1.29, 1.82) is 0 Å². The van der Waals surface area contributed by atoms with E-state index in [2.05, 4.69) is 25.8 Å². The van der Waals surface area contributed by atoms with E-state index in [1.54, 1.807) is 12.1 Å². The van der Waals surface area contributed by atoms with E-state index in [1.807, 2.05) is 18.2 Å². The van der Waals surface area contributed by atoms with Crippen molar-refractivity contribution in [2.75, 3.05) is 68.1 Å². The van der Waals surface area contributed by atoms with Crippen LogP contribution in [-0.4, -0.2) is 79.5 Å². The summed E-state index contributed by atoms with van der Waals surface area (Å²) < 4.78 is 11.2. The van der Waals surface area contributed by atoms with Gasteiger partial charge in [-0.1, -0.05) is 37.5 Å². The second-order valence-electron chi connectivity index (χ2n) is 9.58. The van der Waals surface area contributed by atoms with E-state index in [9.17, 15) is 4.79 Å². The molecule has 1 aliphatic heterocycles. The van der Waals surface area contributed by atoms with E-state index in [4.69, 9.17) is 19.4 Å². The molecule has 0 bridgehead atoms. The zero-order valence-corrected chi connectivity index (χ0v) is 21.8. The highest BCUT2D eigenvalue weighted by Crippen LogP contribution is 2.23. The average molecular weight is 512 g/mol. The number of ether oxygens (including phenoxy) is 2. The molecule has 202 valence electrons. The Hall–Kier alpha value is -2.98. The molecular weight excluding hydrogens is 470 g/mol. The molecule has 37 heavy (non-hydrogen) atoms. The normalized spacial score (nSPS) is 16.4. The molecule has 0 spiro atoms. The monoisotopic (exact) mass is 511 g/mol. The van der Waals surface area contributed by atoms with E-state index in [1.165, 1.54) is 51.4 Å². The smallest absolute Gasteiger partial charge is 0.251 e. The van der Waals surface area contributed by atoms with E-state index < -0.39 is 0 Å². The third-order valence-corrected chi connectivity index (χ3v) is 6.67. The summed E-state index contributed by atoms with van der Waals surface area (Å²) in [6.45, 7) is 4.97. The second kappa shape index (κ2) is 15.3. The van der Waals surface area contributed by atoms with Crippen LogP contribution < -0.4 is 20.9 Å². The Labute approximate surface area is 220 Å². The minimum atomic E-state index is -0.0922. The van der Waals surface area contributed by atoms with Crippen molar-refractivity contribution in [1.82, 2.24) is 20.3 Å². The third-order valence-electron chi connectivity index (χ3n) is 6.67. The Morgan fingerprint density at radius 2 is 1.49 bits per heavy atom. The molecule has 4 rings (SSSR count). The van der Waals surface area contributed by atoms with Gasteiger partial charge in [0, 0.05) is 37.8 Å². The van der Waals surface area contributed by atoms with Crippen molar-refractivity contribution >= 4 is 23.8 Å². The van der Waals surface area contributed by atoms with Gasteiger partial charge in [0.1, 0.15) is 0 Å². The van der Waals surface area contributed by atoms with Gasteiger partial charge in [-0.05, 0) is 44.2 Å². The van der Waals surface area contributed by atoms with E-state index in [0.29, 0.717) is 63.0 Å². The highest BCUT2D eigenvalue weighted by atomic mass is 16.5. The number of amides is 1. The molecule has 10 nitrogen and oxygen atoms in total. The molecule has 1 saturated heterocycles. The summed E-state index contributed by atoms with van der Waals surface area (Å²) in [6.07, 6.45) is 9.79. The summed E-state index contributed by atoms with van der Waals surface area (Å²) in [4.78, 5) is 28.3. The number of hydrogen-bond acceptors (Lipinski definition) is 9. The molecule has 1 aromatic carbocycles. The van der Waals surface area contributed by atoms with Gasteiger partial charge in [0.15, 0.2) is 0 Å². The maximum Gasteiger partial charge on any atom is 0.251 e. The lowest BCUT2D eigenvalue weighted by atomic mass is 9.96. The lowest BCUT2D eigenvalue weighted by molar-refractivity contribution is 0.0519. The quantitative estimate of drug-likeness (QED) is 0.328. The van der Waals surface area contributed by atoms with Gasteiger partial charge in [0.05, 0.1) is 26.4 Å². The van der Waals surface area contributed by atoms with Gasteiger partial charge < -0.3 is 30.3 Å². The van der Waals surface area contributed by atoms with Crippen molar-refractivity contribution in [3.05, 3.63) is 35.9 Å². The Morgan fingerprint density at radius 3 is 2.24 bits per heavy atom. The van der Waals surface area contributed by atoms with Gasteiger partial charge in [-0.2, -0.15) is 15.0 Å². The first-order valence-electron chi connectivity index (χ1n) is 13.8. The summed E-state index contributed by atoms with van der Waals surface area (Å²) in [5.74, 6) is 1.91. The molecule has 2 fully saturated rings. The van der Waals surface area contributed by atoms with Gasteiger partial charge in [-0.3, -0.25) is 4.79 Å². The number of hydrogen-bond donors (Lipinski definition) is 3. The number of nitrogens with zero attached hydrogens (tertiary/aromatic N) is 4. The van der Waals surface area contributed by atoms with E-state index >= 15 is 0 Å². The SMILES string of the molecule is O=C(NCCOCCOCCNc1nc(NC2CCCCC2)nc(N2CCCCC2)n1)c1ccccc1. The largest absolute Gasteiger partial charge is 0.377 e. The van der Waals surface area contributed by atoms with E-state index in [0.717, 1.165) is 19.0 Å². The average Bonchev–Trinajstić information content (AvgIpc) is 2.95. The first-order chi connectivity index (χ1) is 18.3. The highest BCUT2D eigenvalue weighted by molar-refractivity contribution is 5.94. The van der Waals surface area contributed by atoms with Crippen LogP contribution in [0.1, 0.15) is 61.7 Å². The maximum atomic E-state index is 12.0. The topological polar surface area (TPSA) is 114 Å². The fraction of sp³-hybridized carbons (Fsp3) is 0.630. The fourth-order valence-electron chi connectivity index (χ4n) is 4.66. The van der Waals surface area contributed by atoms with Crippen LogP contribution >= 0.6 is 0 Å². The van der Waals surface area contributed by atoms with Crippen molar-refractivity contribution in [3.8, 4) is 0 Å². The molecule has 0 unspecified atom stereocenters. The standard InChI is InChI=1S/C27H41N7O3/c35-24(22-10-4-1-5-11-22)28-14-18-36-20-21-37-19-15-29-25-31-26(30-23-12-6-2-7-13-23)33-27(32-25)34-16-8-3-9-17-34/h1,4-5,10-11,23H,2-3,6-9,12-21H2,(H,28,35)(H2,29,30,31,32,33). The number of anilines is 3. The lowest BCUT2D eigenvalue weighted by Gasteiger charge is -2.28. The Bertz CT molecular complexity index is 935. The maximum absolute atomic E-state index is 12.0. The lowest BCUT2D eigenvalue weighted by Crippen LogP contribution is -2.32. The molecule has 1 aliphatic carbocycles. The van der Waals surface area contributed by atoms with Crippen LogP contribution in [-0.2, 0) is 9.47 Å². The molecular formula is C27H41N7O3. The number of nitrogens with one attached hydrogen (secondary N) is 3. The van der Waals surface area contributed by atoms with Crippen LogP contribution in [0.25, 0.3) is 0 Å². The molecule has 1 aromatic heterocycles. The summed E-state index contributed by atoms with van der Waals surface area (Å²) in [6, 6.07) is 9.60. The fourth-order valence-corrected chi connectivity index (χ4v) is 4.66. The van der Waals surface area contributed by atoms with Crippen molar-refractivity contribution in [2.24, 2.45) is 0 Å². The van der Waals surface area contributed by atoms with Crippen LogP contribution in [0.15, 0.2) is 30.3 Å². The molecule has 10 heteroatoms. The van der Waals surface area contributed by atoms with Gasteiger partial charge in [0.25, 0.3) is 5.91 Å². The summed E-state index contributed by atoms with van der Waals surface area (Å²) in [5.41, 5.74) is 0.649. The minimum Gasteiger partial charge on any atom is -0.377 e. The number of rotatable bonds is 14. The molecule has 1 saturated carbocycles. The zero-order chi connectivity index (χ0) is 25.5. The van der Waals surface area contributed by atoms with Crippen LogP contribution in [0.2, 0.25) is 0 Å². The van der Waals surface area contributed by atoms with Crippen LogP contribution in [0.3, 0.4) is 0 Å². The highest BCUT2D eigenvalue weighted by Gasteiger charge is 2.19. The Balaban J connectivity index is 1.13. The van der Waals surface area contributed by atoms with Crippen molar-refractivity contribution in [3.63, 3.8) is 0 Å². The molecule has 1 amide bonds. The van der Waals surface area contributed by atoms with Gasteiger partial charge in [-0.25, -0.2) is 0 Å². The first kappa shape index (κ1) is 27.1. The second-order valence-corrected chi connectivity index (χ2v) is 9.58. The number of piperidine rings is 1. The molecule has 2 aliphatic rings. The number of carbonyl (C=O) groups is 1. The Kier molecular flexibility index (Phi) is 11.2. The number of benzene rings is 1. The van der Waals surface area contributed by atoms with E-state index in [-0.39, 0.29) is 5.91 Å². The molecule has 0 radical (unpaired) electrons. The molecule has 0 atom stereocenters. The van der Waals surface area contributed by atoms with Crippen LogP contribution in [0, 0.1) is 0 Å². The number of aromatic nitrogens is 3. The number of carbonyl (C=O) groups excluding carboxylic acids is 1. The Morgan fingerprint density at radius 1 is 0.811 bits per heavy atom. The predicted molar refractivity (Wildman–Crippen MR) is 145 cm³/mol. The van der Waals surface area contributed by atoms with Crippen LogP contribution in [0.5, 0.6) is 0 Å².